The summed E-state index contributed by atoms with van der Waals surface area (Å²) in [7, 11) is 0. The van der Waals surface area contributed by atoms with E-state index in [2.05, 4.69) is 39.6 Å². The van der Waals surface area contributed by atoms with Gasteiger partial charge in [-0.05, 0) is 22.9 Å². The highest BCUT2D eigenvalue weighted by Crippen LogP contribution is 2.21. The summed E-state index contributed by atoms with van der Waals surface area (Å²) in [6, 6.07) is 16.2. The van der Waals surface area contributed by atoms with Crippen LogP contribution in [-0.4, -0.2) is 9.97 Å². The molecule has 1 heterocycles. The molecule has 0 saturated heterocycles. The number of fused-ring (bicyclic) bond motifs is 1. The van der Waals surface area contributed by atoms with Gasteiger partial charge >= 0.3 is 0 Å². The van der Waals surface area contributed by atoms with Crippen molar-refractivity contribution in [3.8, 4) is 6.07 Å². The van der Waals surface area contributed by atoms with Crippen LogP contribution in [0.1, 0.15) is 5.69 Å². The first kappa shape index (κ1) is 11.2. The van der Waals surface area contributed by atoms with Crippen molar-refractivity contribution in [3.63, 3.8) is 0 Å². The van der Waals surface area contributed by atoms with E-state index in [4.69, 9.17) is 5.26 Å². The predicted octanol–water partition coefficient (Wildman–Crippen LogP) is 3.25. The molecule has 0 unspecified atom stereocenters. The van der Waals surface area contributed by atoms with Crippen LogP contribution in [0.5, 0.6) is 0 Å². The van der Waals surface area contributed by atoms with Crippen molar-refractivity contribution in [2.24, 2.45) is 0 Å². The molecule has 1 aromatic heterocycles. The average Bonchev–Trinajstić information content (AvgIpc) is 2.48. The molecule has 3 aromatic rings. The third kappa shape index (κ3) is 2.35. The van der Waals surface area contributed by atoms with Crippen molar-refractivity contribution in [1.29, 1.82) is 5.26 Å². The van der Waals surface area contributed by atoms with Crippen LogP contribution < -0.4 is 5.32 Å². The maximum Gasteiger partial charge on any atom is 0.158 e. The molecule has 3 rings (SSSR count). The third-order valence-corrected chi connectivity index (χ3v) is 2.79. The summed E-state index contributed by atoms with van der Waals surface area (Å²) in [4.78, 5) is 8.10. The van der Waals surface area contributed by atoms with E-state index >= 15 is 0 Å². The van der Waals surface area contributed by atoms with Gasteiger partial charge in [0.15, 0.2) is 5.69 Å². The number of aromatic nitrogens is 2. The van der Waals surface area contributed by atoms with Crippen LogP contribution in [0, 0.1) is 11.3 Å². The molecule has 0 bridgehead atoms. The van der Waals surface area contributed by atoms with Crippen molar-refractivity contribution >= 4 is 22.3 Å². The van der Waals surface area contributed by atoms with E-state index in [1.54, 1.807) is 6.20 Å². The van der Waals surface area contributed by atoms with Gasteiger partial charge in [0, 0.05) is 5.69 Å². The Bertz CT molecular complexity index is 757. The van der Waals surface area contributed by atoms with Gasteiger partial charge in [-0.2, -0.15) is 5.26 Å². The van der Waals surface area contributed by atoms with Crippen LogP contribution in [0.4, 0.5) is 11.5 Å². The molecule has 0 atom stereocenters. The molecular formula is C15H10N4. The van der Waals surface area contributed by atoms with E-state index in [0.29, 0.717) is 11.5 Å². The first-order valence-electron chi connectivity index (χ1n) is 5.83. The number of nitriles is 1. The summed E-state index contributed by atoms with van der Waals surface area (Å²) >= 11 is 0. The lowest BCUT2D eigenvalue weighted by Crippen LogP contribution is -1.95. The molecule has 0 fully saturated rings. The zero-order chi connectivity index (χ0) is 13.1. The Morgan fingerprint density at radius 3 is 2.53 bits per heavy atom. The monoisotopic (exact) mass is 246 g/mol. The minimum atomic E-state index is 0.309. The predicted molar refractivity (Wildman–Crippen MR) is 74.0 cm³/mol. The van der Waals surface area contributed by atoms with Crippen molar-refractivity contribution < 1.29 is 0 Å². The van der Waals surface area contributed by atoms with Crippen LogP contribution in [0.15, 0.2) is 54.9 Å². The van der Waals surface area contributed by atoms with Gasteiger partial charge in [-0.15, -0.1) is 0 Å². The smallest absolute Gasteiger partial charge is 0.158 e. The summed E-state index contributed by atoms with van der Waals surface area (Å²) in [5, 5.41) is 14.2. The molecule has 4 heteroatoms. The average molecular weight is 246 g/mol. The fourth-order valence-corrected chi connectivity index (χ4v) is 1.87. The maximum atomic E-state index is 8.66. The third-order valence-electron chi connectivity index (χ3n) is 2.79. The Hall–Kier alpha value is -2.93. The standard InChI is InChI=1S/C15H10N4/c16-8-14-9-18-15(10-17-14)19-13-6-5-11-3-1-2-4-12(11)7-13/h1-7,9-10H,(H,18,19). The van der Waals surface area contributed by atoms with Gasteiger partial charge in [-0.1, -0.05) is 30.3 Å². The largest absolute Gasteiger partial charge is 0.339 e. The van der Waals surface area contributed by atoms with E-state index in [-0.39, 0.29) is 0 Å². The Kier molecular flexibility index (Phi) is 2.79. The molecule has 0 saturated carbocycles. The van der Waals surface area contributed by atoms with E-state index in [0.717, 1.165) is 11.1 Å². The van der Waals surface area contributed by atoms with Crippen LogP contribution in [0.25, 0.3) is 10.8 Å². The molecule has 0 aliphatic rings. The Morgan fingerprint density at radius 1 is 0.947 bits per heavy atom. The topological polar surface area (TPSA) is 61.6 Å². The van der Waals surface area contributed by atoms with E-state index < -0.39 is 0 Å². The molecule has 2 aromatic carbocycles. The van der Waals surface area contributed by atoms with Crippen molar-refractivity contribution in [3.05, 3.63) is 60.6 Å². The minimum Gasteiger partial charge on any atom is -0.339 e. The normalized spacial score (nSPS) is 10.1. The lowest BCUT2D eigenvalue weighted by atomic mass is 10.1. The summed E-state index contributed by atoms with van der Waals surface area (Å²) in [6.45, 7) is 0. The SMILES string of the molecule is N#Cc1cnc(Nc2ccc3ccccc3c2)cn1. The Balaban J connectivity index is 1.90. The summed E-state index contributed by atoms with van der Waals surface area (Å²) in [6.07, 6.45) is 3.00. The first-order chi connectivity index (χ1) is 9.35. The van der Waals surface area contributed by atoms with Crippen molar-refractivity contribution in [2.75, 3.05) is 5.32 Å². The molecule has 19 heavy (non-hydrogen) atoms. The molecule has 1 N–H and O–H groups in total. The van der Waals surface area contributed by atoms with Crippen LogP contribution in [0.3, 0.4) is 0 Å². The number of hydrogen-bond donors (Lipinski definition) is 1. The molecule has 4 nitrogen and oxygen atoms in total. The number of hydrogen-bond acceptors (Lipinski definition) is 4. The molecule has 0 amide bonds. The fourth-order valence-electron chi connectivity index (χ4n) is 1.87. The van der Waals surface area contributed by atoms with Gasteiger partial charge in [0.2, 0.25) is 0 Å². The van der Waals surface area contributed by atoms with Gasteiger partial charge in [-0.3, -0.25) is 0 Å². The van der Waals surface area contributed by atoms with Crippen LogP contribution >= 0.6 is 0 Å². The van der Waals surface area contributed by atoms with Crippen LogP contribution in [0.2, 0.25) is 0 Å². The molecule has 0 radical (unpaired) electrons. The van der Waals surface area contributed by atoms with Gasteiger partial charge < -0.3 is 5.32 Å². The van der Waals surface area contributed by atoms with Gasteiger partial charge in [-0.25, -0.2) is 9.97 Å². The second-order valence-electron chi connectivity index (χ2n) is 4.09. The van der Waals surface area contributed by atoms with Crippen molar-refractivity contribution in [1.82, 2.24) is 9.97 Å². The Labute approximate surface area is 110 Å². The molecule has 0 spiro atoms. The zero-order valence-electron chi connectivity index (χ0n) is 10.0. The number of rotatable bonds is 2. The quantitative estimate of drug-likeness (QED) is 0.754. The fraction of sp³-hybridized carbons (Fsp3) is 0. The number of anilines is 2. The molecule has 90 valence electrons. The highest BCUT2D eigenvalue weighted by Gasteiger charge is 1.99. The highest BCUT2D eigenvalue weighted by atomic mass is 15.0. The van der Waals surface area contributed by atoms with E-state index in [1.807, 2.05) is 24.3 Å². The second kappa shape index (κ2) is 4.75. The van der Waals surface area contributed by atoms with Crippen molar-refractivity contribution in [2.45, 2.75) is 0 Å². The zero-order valence-corrected chi connectivity index (χ0v) is 10.0. The van der Waals surface area contributed by atoms with Gasteiger partial charge in [0.05, 0.1) is 12.4 Å². The summed E-state index contributed by atoms with van der Waals surface area (Å²) in [5.74, 6) is 0.620. The molecular weight excluding hydrogens is 236 g/mol. The number of nitrogens with one attached hydrogen (secondary N) is 1. The maximum absolute atomic E-state index is 8.66. The molecule has 0 aliphatic carbocycles. The van der Waals surface area contributed by atoms with E-state index in [1.165, 1.54) is 11.6 Å². The second-order valence-corrected chi connectivity index (χ2v) is 4.09. The first-order valence-corrected chi connectivity index (χ1v) is 5.83. The van der Waals surface area contributed by atoms with Gasteiger partial charge in [0.1, 0.15) is 11.9 Å². The highest BCUT2D eigenvalue weighted by molar-refractivity contribution is 5.86. The summed E-state index contributed by atoms with van der Waals surface area (Å²) < 4.78 is 0. The van der Waals surface area contributed by atoms with Crippen LogP contribution in [-0.2, 0) is 0 Å². The number of benzene rings is 2. The summed E-state index contributed by atoms with van der Waals surface area (Å²) in [5.41, 5.74) is 1.25. The molecule has 0 aliphatic heterocycles. The number of nitrogens with zero attached hydrogens (tertiary/aromatic N) is 3. The van der Waals surface area contributed by atoms with E-state index in [9.17, 15) is 0 Å². The lowest BCUT2D eigenvalue weighted by Gasteiger charge is -2.06. The van der Waals surface area contributed by atoms with Gasteiger partial charge in [0.25, 0.3) is 0 Å². The lowest BCUT2D eigenvalue weighted by molar-refractivity contribution is 1.16. The Morgan fingerprint density at radius 2 is 1.79 bits per heavy atom. The minimum absolute atomic E-state index is 0.309.